The molecule has 0 saturated carbocycles. The Labute approximate surface area is 202 Å². The highest BCUT2D eigenvalue weighted by molar-refractivity contribution is 7.55. The number of hydrogen-bond donors (Lipinski definition) is 1. The zero-order valence-electron chi connectivity index (χ0n) is 18.8. The first-order valence-corrected chi connectivity index (χ1v) is 12.3. The number of para-hydroxylation sites is 3. The second kappa shape index (κ2) is 10.8. The van der Waals surface area contributed by atoms with Crippen LogP contribution in [0, 0.1) is 10.1 Å². The summed E-state index contributed by atoms with van der Waals surface area (Å²) in [6.07, 6.45) is 0. The van der Waals surface area contributed by atoms with Crippen LogP contribution in [0.3, 0.4) is 0 Å². The summed E-state index contributed by atoms with van der Waals surface area (Å²) in [5, 5.41) is 14.3. The molecule has 0 saturated heterocycles. The number of rotatable bonds is 10. The summed E-state index contributed by atoms with van der Waals surface area (Å²) < 4.78 is 32.3. The van der Waals surface area contributed by atoms with E-state index >= 15 is 0 Å². The van der Waals surface area contributed by atoms with E-state index in [9.17, 15) is 14.7 Å². The summed E-state index contributed by atoms with van der Waals surface area (Å²) in [6, 6.07) is 30.4. The number of nitro groups is 1. The Hall–Kier alpha value is -4.29. The molecule has 9 heteroatoms. The lowest BCUT2D eigenvalue weighted by Gasteiger charge is -2.30. The average Bonchev–Trinajstić information content (AvgIpc) is 2.88. The highest BCUT2D eigenvalue weighted by atomic mass is 31.2. The van der Waals surface area contributed by atoms with Crippen LogP contribution in [-0.4, -0.2) is 12.0 Å². The third kappa shape index (κ3) is 5.80. The van der Waals surface area contributed by atoms with Gasteiger partial charge in [-0.25, -0.2) is 4.57 Å². The predicted molar refractivity (Wildman–Crippen MR) is 134 cm³/mol. The molecule has 0 aromatic heterocycles. The quantitative estimate of drug-likeness (QED) is 0.144. The van der Waals surface area contributed by atoms with Gasteiger partial charge in [0.05, 0.1) is 12.0 Å². The largest absolute Gasteiger partial charge is 0.496 e. The van der Waals surface area contributed by atoms with Crippen molar-refractivity contribution < 1.29 is 23.3 Å². The van der Waals surface area contributed by atoms with Gasteiger partial charge in [-0.3, -0.25) is 10.1 Å². The lowest BCUT2D eigenvalue weighted by atomic mass is 10.2. The molecule has 4 aromatic rings. The number of nitrogens with zero attached hydrogens (tertiary/aromatic N) is 1. The summed E-state index contributed by atoms with van der Waals surface area (Å²) >= 11 is 0. The van der Waals surface area contributed by atoms with Crippen LogP contribution in [0.2, 0.25) is 0 Å². The van der Waals surface area contributed by atoms with E-state index in [1.807, 2.05) is 12.1 Å². The molecule has 4 rings (SSSR count). The van der Waals surface area contributed by atoms with Crippen molar-refractivity contribution in [2.24, 2.45) is 0 Å². The van der Waals surface area contributed by atoms with Crippen LogP contribution in [0.25, 0.3) is 0 Å². The summed E-state index contributed by atoms with van der Waals surface area (Å²) in [5.41, 5.74) is 0.956. The van der Waals surface area contributed by atoms with Gasteiger partial charge in [-0.05, 0) is 42.5 Å². The fraction of sp³-hybridized carbons (Fsp3) is 0.0769. The van der Waals surface area contributed by atoms with Gasteiger partial charge in [0.25, 0.3) is 5.69 Å². The van der Waals surface area contributed by atoms with Gasteiger partial charge < -0.3 is 19.1 Å². The fourth-order valence-corrected chi connectivity index (χ4v) is 5.38. The lowest BCUT2D eigenvalue weighted by molar-refractivity contribution is -0.384. The summed E-state index contributed by atoms with van der Waals surface area (Å²) in [5.74, 6) is 0.162. The van der Waals surface area contributed by atoms with Crippen LogP contribution in [0.4, 0.5) is 11.4 Å². The molecule has 0 radical (unpaired) electrons. The monoisotopic (exact) mass is 490 g/mol. The van der Waals surface area contributed by atoms with Gasteiger partial charge >= 0.3 is 7.60 Å². The first-order chi connectivity index (χ1) is 17.0. The van der Waals surface area contributed by atoms with Gasteiger partial charge in [0.1, 0.15) is 17.2 Å². The molecule has 0 aliphatic heterocycles. The molecule has 0 fully saturated rings. The maximum Gasteiger partial charge on any atom is 0.457 e. The van der Waals surface area contributed by atoms with Crippen molar-refractivity contribution in [2.75, 3.05) is 12.4 Å². The van der Waals surface area contributed by atoms with Crippen molar-refractivity contribution in [3.8, 4) is 17.2 Å². The molecule has 0 heterocycles. The van der Waals surface area contributed by atoms with E-state index in [-0.39, 0.29) is 5.69 Å². The van der Waals surface area contributed by atoms with Crippen LogP contribution in [0.1, 0.15) is 11.3 Å². The van der Waals surface area contributed by atoms with Gasteiger partial charge in [-0.2, -0.15) is 0 Å². The van der Waals surface area contributed by atoms with E-state index < -0.39 is 18.3 Å². The molecule has 0 aliphatic rings. The molecule has 0 aliphatic carbocycles. The minimum absolute atomic E-state index is 0.0614. The highest BCUT2D eigenvalue weighted by Gasteiger charge is 2.42. The van der Waals surface area contributed by atoms with Crippen LogP contribution < -0.4 is 19.1 Å². The Kier molecular flexibility index (Phi) is 7.33. The molecule has 0 unspecified atom stereocenters. The molecule has 35 heavy (non-hydrogen) atoms. The van der Waals surface area contributed by atoms with Crippen molar-refractivity contribution in [3.63, 3.8) is 0 Å². The number of benzene rings is 4. The summed E-state index contributed by atoms with van der Waals surface area (Å²) in [6.45, 7) is 0. The van der Waals surface area contributed by atoms with Crippen molar-refractivity contribution in [3.05, 3.63) is 125 Å². The number of ether oxygens (including phenoxy) is 1. The van der Waals surface area contributed by atoms with Gasteiger partial charge in [0, 0.05) is 23.4 Å². The SMILES string of the molecule is COc1ccccc1[C@H](Nc1ccc([N+](=O)[O-])cc1)P(=O)(Oc1ccccc1)Oc1ccccc1. The van der Waals surface area contributed by atoms with Gasteiger partial charge in [-0.15, -0.1) is 0 Å². The normalized spacial score (nSPS) is 11.8. The van der Waals surface area contributed by atoms with Gasteiger partial charge in [-0.1, -0.05) is 54.6 Å². The molecule has 0 bridgehead atoms. The third-order valence-electron chi connectivity index (χ3n) is 5.08. The minimum atomic E-state index is -4.06. The van der Waals surface area contributed by atoms with E-state index in [2.05, 4.69) is 5.32 Å². The Morgan fingerprint density at radius 3 is 1.80 bits per heavy atom. The Bertz CT molecular complexity index is 1270. The fourth-order valence-electron chi connectivity index (χ4n) is 3.44. The van der Waals surface area contributed by atoms with Crippen molar-refractivity contribution in [1.82, 2.24) is 0 Å². The molecular weight excluding hydrogens is 467 g/mol. The Morgan fingerprint density at radius 1 is 0.771 bits per heavy atom. The standard InChI is InChI=1S/C26H23N2O6P/c1-32-25-15-9-8-14-24(25)26(27-20-16-18-21(19-17-20)28(29)30)35(31,33-22-10-4-2-5-11-22)34-23-12-6-3-7-13-23/h2-19,26-27H,1H3/t26-/m1/s1. The van der Waals surface area contributed by atoms with Gasteiger partial charge in [0.15, 0.2) is 5.78 Å². The molecule has 0 spiro atoms. The number of hydrogen-bond acceptors (Lipinski definition) is 7. The molecular formula is C26H23N2O6P. The number of methoxy groups -OCH3 is 1. The number of nitrogens with one attached hydrogen (secondary N) is 1. The van der Waals surface area contributed by atoms with Crippen LogP contribution >= 0.6 is 7.60 Å². The first kappa shape index (κ1) is 23.9. The van der Waals surface area contributed by atoms with E-state index in [1.54, 1.807) is 72.8 Å². The van der Waals surface area contributed by atoms with Crippen LogP contribution in [0.5, 0.6) is 17.2 Å². The Morgan fingerprint density at radius 2 is 1.29 bits per heavy atom. The molecule has 0 amide bonds. The topological polar surface area (TPSA) is 99.9 Å². The zero-order valence-corrected chi connectivity index (χ0v) is 19.7. The predicted octanol–water partition coefficient (Wildman–Crippen LogP) is 7.07. The molecule has 8 nitrogen and oxygen atoms in total. The zero-order chi connectivity index (χ0) is 24.7. The maximum atomic E-state index is 14.6. The van der Waals surface area contributed by atoms with E-state index in [1.165, 1.54) is 31.4 Å². The highest BCUT2D eigenvalue weighted by Crippen LogP contribution is 2.61. The summed E-state index contributed by atoms with van der Waals surface area (Å²) in [7, 11) is -2.54. The van der Waals surface area contributed by atoms with Crippen molar-refractivity contribution >= 4 is 19.0 Å². The lowest BCUT2D eigenvalue weighted by Crippen LogP contribution is -2.19. The third-order valence-corrected chi connectivity index (χ3v) is 7.05. The molecule has 4 aromatic carbocycles. The number of nitro benzene ring substituents is 1. The van der Waals surface area contributed by atoms with Crippen molar-refractivity contribution in [1.29, 1.82) is 0 Å². The average molecular weight is 490 g/mol. The van der Waals surface area contributed by atoms with Crippen LogP contribution in [0.15, 0.2) is 109 Å². The second-order valence-corrected chi connectivity index (χ2v) is 9.40. The van der Waals surface area contributed by atoms with Crippen molar-refractivity contribution in [2.45, 2.75) is 5.78 Å². The number of non-ortho nitro benzene ring substituents is 1. The van der Waals surface area contributed by atoms with E-state index in [0.29, 0.717) is 28.5 Å². The smallest absolute Gasteiger partial charge is 0.457 e. The summed E-state index contributed by atoms with van der Waals surface area (Å²) in [4.78, 5) is 10.6. The minimum Gasteiger partial charge on any atom is -0.496 e. The van der Waals surface area contributed by atoms with E-state index in [0.717, 1.165) is 0 Å². The second-order valence-electron chi connectivity index (χ2n) is 7.44. The van der Waals surface area contributed by atoms with Gasteiger partial charge in [0.2, 0.25) is 0 Å². The molecule has 178 valence electrons. The first-order valence-electron chi connectivity index (χ1n) is 10.7. The molecule has 1 atom stereocenters. The number of anilines is 1. The Balaban J connectivity index is 1.82. The van der Waals surface area contributed by atoms with Crippen LogP contribution in [-0.2, 0) is 4.57 Å². The molecule has 1 N–H and O–H groups in total. The maximum absolute atomic E-state index is 14.6. The van der Waals surface area contributed by atoms with E-state index in [4.69, 9.17) is 13.8 Å².